The number of rotatable bonds is 3. The molecule has 2 amide bonds. The molecule has 1 aromatic rings. The molecule has 0 saturated carbocycles. The van der Waals surface area contributed by atoms with Crippen LogP contribution in [0.25, 0.3) is 0 Å². The van der Waals surface area contributed by atoms with Gasteiger partial charge in [-0.05, 0) is 38.3 Å². The Bertz CT molecular complexity index is 559. The van der Waals surface area contributed by atoms with Crippen molar-refractivity contribution in [1.29, 1.82) is 0 Å². The van der Waals surface area contributed by atoms with Gasteiger partial charge in [0.25, 0.3) is 0 Å². The maximum Gasteiger partial charge on any atom is 0.326 e. The molecule has 6 nitrogen and oxygen atoms in total. The third-order valence-electron chi connectivity index (χ3n) is 3.81. The number of phenols is 1. The lowest BCUT2D eigenvalue weighted by molar-refractivity contribution is -0.141. The summed E-state index contributed by atoms with van der Waals surface area (Å²) in [6.45, 7) is 4.53. The number of aliphatic carboxylic acids is 1. The summed E-state index contributed by atoms with van der Waals surface area (Å²) in [6, 6.07) is 3.75. The maximum absolute atomic E-state index is 12.7. The Morgan fingerprint density at radius 2 is 2.14 bits per heavy atom. The number of phenolic OH excluding ortho intramolecular Hbond substituents is 1. The Balaban J connectivity index is 2.30. The third kappa shape index (κ3) is 2.94. The lowest BCUT2D eigenvalue weighted by Crippen LogP contribution is -2.48. The summed E-state index contributed by atoms with van der Waals surface area (Å²) in [5.41, 5.74) is 1.47. The van der Waals surface area contributed by atoms with Gasteiger partial charge in [0.05, 0.1) is 5.69 Å². The fraction of sp³-hybridized carbons (Fsp3) is 0.467. The molecule has 0 bridgehead atoms. The summed E-state index contributed by atoms with van der Waals surface area (Å²) in [5.74, 6) is -0.886. The number of hydrogen-bond donors (Lipinski definition) is 2. The quantitative estimate of drug-likeness (QED) is 0.895. The molecule has 1 heterocycles. The number of nitrogens with zero attached hydrogens (tertiary/aromatic N) is 2. The van der Waals surface area contributed by atoms with Crippen LogP contribution >= 0.6 is 0 Å². The van der Waals surface area contributed by atoms with Crippen LogP contribution < -0.4 is 4.90 Å². The minimum Gasteiger partial charge on any atom is -0.508 e. The predicted molar refractivity (Wildman–Crippen MR) is 78.6 cm³/mol. The second-order valence-corrected chi connectivity index (χ2v) is 5.19. The number of carboxylic acid groups (broad SMARTS) is 1. The molecule has 0 spiro atoms. The van der Waals surface area contributed by atoms with E-state index in [1.807, 2.05) is 13.8 Å². The molecule has 1 atom stereocenters. The molecular weight excluding hydrogens is 272 g/mol. The van der Waals surface area contributed by atoms with E-state index in [1.165, 1.54) is 15.9 Å². The van der Waals surface area contributed by atoms with Gasteiger partial charge in [0.1, 0.15) is 11.8 Å². The van der Waals surface area contributed by atoms with Gasteiger partial charge in [-0.15, -0.1) is 0 Å². The van der Waals surface area contributed by atoms with Gasteiger partial charge in [-0.2, -0.15) is 0 Å². The molecule has 1 fully saturated rings. The highest BCUT2D eigenvalue weighted by Gasteiger charge is 2.36. The largest absolute Gasteiger partial charge is 0.508 e. The average molecular weight is 292 g/mol. The summed E-state index contributed by atoms with van der Waals surface area (Å²) in [5, 5.41) is 18.8. The van der Waals surface area contributed by atoms with Crippen molar-refractivity contribution in [2.75, 3.05) is 18.0 Å². The molecule has 114 valence electrons. The highest BCUT2D eigenvalue weighted by atomic mass is 16.4. The number of anilines is 1. The van der Waals surface area contributed by atoms with Crippen LogP contribution in [-0.2, 0) is 4.79 Å². The highest BCUT2D eigenvalue weighted by molar-refractivity contribution is 5.95. The molecule has 1 aliphatic rings. The first-order valence-corrected chi connectivity index (χ1v) is 7.06. The lowest BCUT2D eigenvalue weighted by Gasteiger charge is -2.30. The number of hydrogen-bond acceptors (Lipinski definition) is 3. The molecule has 2 rings (SSSR count). The maximum atomic E-state index is 12.7. The number of benzene rings is 1. The summed E-state index contributed by atoms with van der Waals surface area (Å²) in [6.07, 6.45) is 1.18. The number of urea groups is 1. The van der Waals surface area contributed by atoms with Gasteiger partial charge < -0.3 is 15.1 Å². The van der Waals surface area contributed by atoms with Crippen LogP contribution in [0.15, 0.2) is 18.2 Å². The Kier molecular flexibility index (Phi) is 4.35. The molecular formula is C15H20N2O4. The number of likely N-dealkylation sites (tertiary alicyclic amines) is 1. The third-order valence-corrected chi connectivity index (χ3v) is 3.81. The summed E-state index contributed by atoms with van der Waals surface area (Å²) in [4.78, 5) is 26.8. The van der Waals surface area contributed by atoms with Crippen molar-refractivity contribution in [2.24, 2.45) is 0 Å². The second kappa shape index (κ2) is 6.03. The molecule has 1 aromatic carbocycles. The summed E-state index contributed by atoms with van der Waals surface area (Å²) in [7, 11) is 0. The number of aryl methyl sites for hydroxylation is 1. The predicted octanol–water partition coefficient (Wildman–Crippen LogP) is 2.20. The van der Waals surface area contributed by atoms with E-state index < -0.39 is 12.0 Å². The molecule has 1 unspecified atom stereocenters. The zero-order valence-corrected chi connectivity index (χ0v) is 12.2. The zero-order valence-electron chi connectivity index (χ0n) is 12.2. The van der Waals surface area contributed by atoms with Gasteiger partial charge in [0.2, 0.25) is 0 Å². The van der Waals surface area contributed by atoms with Gasteiger partial charge in [-0.1, -0.05) is 6.07 Å². The van der Waals surface area contributed by atoms with Gasteiger partial charge in [0.15, 0.2) is 0 Å². The lowest BCUT2D eigenvalue weighted by atomic mass is 10.1. The highest BCUT2D eigenvalue weighted by Crippen LogP contribution is 2.28. The molecule has 0 radical (unpaired) electrons. The van der Waals surface area contributed by atoms with Crippen molar-refractivity contribution >= 4 is 17.7 Å². The second-order valence-electron chi connectivity index (χ2n) is 5.19. The molecule has 1 saturated heterocycles. The van der Waals surface area contributed by atoms with Gasteiger partial charge in [-0.3, -0.25) is 4.90 Å². The first kappa shape index (κ1) is 15.2. The first-order chi connectivity index (χ1) is 9.95. The Labute approximate surface area is 123 Å². The smallest absolute Gasteiger partial charge is 0.326 e. The fourth-order valence-corrected chi connectivity index (χ4v) is 2.70. The summed E-state index contributed by atoms with van der Waals surface area (Å²) >= 11 is 0. The average Bonchev–Trinajstić information content (AvgIpc) is 2.92. The SMILES string of the molecule is CCN(C(=O)N1CCCC1C(=O)O)c1cc(O)ccc1C. The van der Waals surface area contributed by atoms with E-state index in [9.17, 15) is 19.8 Å². The zero-order chi connectivity index (χ0) is 15.6. The van der Waals surface area contributed by atoms with Crippen molar-refractivity contribution in [3.8, 4) is 5.75 Å². The number of carbonyl (C=O) groups excluding carboxylic acids is 1. The monoisotopic (exact) mass is 292 g/mol. The standard InChI is InChI=1S/C15H20N2O4/c1-3-16(13-9-11(18)7-6-10(13)2)15(21)17-8-4-5-12(17)14(19)20/h6-7,9,12,18H,3-5,8H2,1-2H3,(H,19,20). The van der Waals surface area contributed by atoms with E-state index in [-0.39, 0.29) is 11.8 Å². The van der Waals surface area contributed by atoms with Crippen LogP contribution in [0.3, 0.4) is 0 Å². The van der Waals surface area contributed by atoms with Gasteiger partial charge in [0, 0.05) is 19.2 Å². The molecule has 0 aliphatic carbocycles. The number of carboxylic acids is 1. The van der Waals surface area contributed by atoms with E-state index in [1.54, 1.807) is 12.1 Å². The molecule has 0 aromatic heterocycles. The van der Waals surface area contributed by atoms with Crippen molar-refractivity contribution in [2.45, 2.75) is 32.7 Å². The van der Waals surface area contributed by atoms with Crippen molar-refractivity contribution in [3.05, 3.63) is 23.8 Å². The first-order valence-electron chi connectivity index (χ1n) is 7.06. The topological polar surface area (TPSA) is 81.1 Å². The number of carbonyl (C=O) groups is 2. The van der Waals surface area contributed by atoms with Crippen LogP contribution in [-0.4, -0.2) is 46.2 Å². The fourth-order valence-electron chi connectivity index (χ4n) is 2.70. The van der Waals surface area contributed by atoms with E-state index in [0.717, 1.165) is 5.56 Å². The molecule has 21 heavy (non-hydrogen) atoms. The minimum atomic E-state index is -0.968. The number of aromatic hydroxyl groups is 1. The minimum absolute atomic E-state index is 0.0815. The molecule has 6 heteroatoms. The van der Waals surface area contributed by atoms with E-state index in [0.29, 0.717) is 31.6 Å². The molecule has 1 aliphatic heterocycles. The van der Waals surface area contributed by atoms with Crippen molar-refractivity contribution < 1.29 is 19.8 Å². The summed E-state index contributed by atoms with van der Waals surface area (Å²) < 4.78 is 0. The normalized spacial score (nSPS) is 17.8. The van der Waals surface area contributed by atoms with Crippen LogP contribution in [0, 0.1) is 6.92 Å². The Morgan fingerprint density at radius 3 is 2.76 bits per heavy atom. The van der Waals surface area contributed by atoms with Gasteiger partial charge in [-0.25, -0.2) is 9.59 Å². The van der Waals surface area contributed by atoms with Crippen LogP contribution in [0.5, 0.6) is 5.75 Å². The van der Waals surface area contributed by atoms with Crippen molar-refractivity contribution in [1.82, 2.24) is 4.90 Å². The van der Waals surface area contributed by atoms with Crippen LogP contribution in [0.4, 0.5) is 10.5 Å². The van der Waals surface area contributed by atoms with Crippen LogP contribution in [0.2, 0.25) is 0 Å². The Morgan fingerprint density at radius 1 is 1.43 bits per heavy atom. The molecule has 2 N–H and O–H groups in total. The van der Waals surface area contributed by atoms with Crippen molar-refractivity contribution in [3.63, 3.8) is 0 Å². The Hall–Kier alpha value is -2.24. The van der Waals surface area contributed by atoms with Gasteiger partial charge >= 0.3 is 12.0 Å². The number of amides is 2. The van der Waals surface area contributed by atoms with E-state index in [4.69, 9.17) is 0 Å². The van der Waals surface area contributed by atoms with E-state index >= 15 is 0 Å². The van der Waals surface area contributed by atoms with E-state index in [2.05, 4.69) is 0 Å². The van der Waals surface area contributed by atoms with Crippen LogP contribution in [0.1, 0.15) is 25.3 Å².